The average molecular weight is 310 g/mol. The minimum absolute atomic E-state index is 0.244. The first-order chi connectivity index (χ1) is 8.56. The maximum absolute atomic E-state index is 12.2. The zero-order valence-corrected chi connectivity index (χ0v) is 11.4. The van der Waals surface area contributed by atoms with E-state index < -0.39 is 12.2 Å². The summed E-state index contributed by atoms with van der Waals surface area (Å²) in [4.78, 5) is 25.6. The van der Waals surface area contributed by atoms with Gasteiger partial charge in [0.1, 0.15) is 12.2 Å². The van der Waals surface area contributed by atoms with Crippen molar-refractivity contribution in [3.8, 4) is 0 Å². The fourth-order valence-electron chi connectivity index (χ4n) is 2.50. The van der Waals surface area contributed by atoms with Crippen molar-refractivity contribution in [2.45, 2.75) is 32.0 Å². The highest BCUT2D eigenvalue weighted by atomic mass is 79.9. The van der Waals surface area contributed by atoms with Crippen LogP contribution in [-0.2, 0) is 14.3 Å². The monoisotopic (exact) mass is 309 g/mol. The number of hydrogen-bond donors (Lipinski definition) is 0. The van der Waals surface area contributed by atoms with Crippen molar-refractivity contribution in [2.24, 2.45) is 0 Å². The van der Waals surface area contributed by atoms with Gasteiger partial charge in [0.2, 0.25) is 0 Å². The number of aryl methyl sites for hydroxylation is 1. The normalized spacial score (nSPS) is 26.9. The topological polar surface area (TPSA) is 46.6 Å². The molecule has 2 saturated heterocycles. The van der Waals surface area contributed by atoms with Crippen LogP contribution in [0.25, 0.3) is 0 Å². The second-order valence-electron chi connectivity index (χ2n) is 4.69. The summed E-state index contributed by atoms with van der Waals surface area (Å²) in [6.07, 6.45) is 0.372. The lowest BCUT2D eigenvalue weighted by atomic mass is 10.1. The molecule has 2 fully saturated rings. The van der Waals surface area contributed by atoms with Gasteiger partial charge in [0, 0.05) is 4.47 Å². The van der Waals surface area contributed by atoms with E-state index in [1.54, 1.807) is 6.07 Å². The molecule has 1 aromatic carbocycles. The summed E-state index contributed by atoms with van der Waals surface area (Å²) < 4.78 is 6.24. The van der Waals surface area contributed by atoms with Crippen LogP contribution in [0.5, 0.6) is 0 Å². The number of ether oxygens (including phenoxy) is 1. The van der Waals surface area contributed by atoms with Crippen molar-refractivity contribution < 1.29 is 14.3 Å². The molecule has 1 aromatic rings. The zero-order chi connectivity index (χ0) is 12.9. The second-order valence-corrected chi connectivity index (χ2v) is 5.61. The van der Waals surface area contributed by atoms with Crippen molar-refractivity contribution in [3.63, 3.8) is 0 Å². The molecule has 2 heterocycles. The molecule has 2 aliphatic heterocycles. The number of imide groups is 1. The maximum Gasteiger partial charge on any atom is 0.262 e. The van der Waals surface area contributed by atoms with Gasteiger partial charge in [-0.25, -0.2) is 4.90 Å². The minimum atomic E-state index is -0.452. The summed E-state index contributed by atoms with van der Waals surface area (Å²) in [5.41, 5.74) is 1.62. The first-order valence-electron chi connectivity index (χ1n) is 5.87. The van der Waals surface area contributed by atoms with E-state index in [0.29, 0.717) is 18.5 Å². The number of benzene rings is 1. The molecular formula is C13H12BrNO3. The third-order valence-corrected chi connectivity index (χ3v) is 3.75. The first-order valence-corrected chi connectivity index (χ1v) is 6.66. The molecule has 2 atom stereocenters. The Morgan fingerprint density at radius 3 is 2.33 bits per heavy atom. The fourth-order valence-corrected chi connectivity index (χ4v) is 3.09. The second kappa shape index (κ2) is 4.17. The van der Waals surface area contributed by atoms with Gasteiger partial charge in [0.25, 0.3) is 11.8 Å². The van der Waals surface area contributed by atoms with Crippen LogP contribution < -0.4 is 4.90 Å². The summed E-state index contributed by atoms with van der Waals surface area (Å²) in [7, 11) is 0. The van der Waals surface area contributed by atoms with Crippen LogP contribution in [0.3, 0.4) is 0 Å². The van der Waals surface area contributed by atoms with Gasteiger partial charge >= 0.3 is 0 Å². The lowest BCUT2D eigenvalue weighted by molar-refractivity contribution is -0.146. The van der Waals surface area contributed by atoms with E-state index in [-0.39, 0.29) is 11.8 Å². The molecule has 5 heteroatoms. The number of nitrogens with zero attached hydrogens (tertiary/aromatic N) is 1. The number of halogens is 1. The number of anilines is 1. The third-order valence-electron chi connectivity index (χ3n) is 3.30. The number of rotatable bonds is 1. The van der Waals surface area contributed by atoms with Gasteiger partial charge in [-0.2, -0.15) is 0 Å². The number of carbonyl (C=O) groups excluding carboxylic acids is 2. The number of carbonyl (C=O) groups is 2. The zero-order valence-electron chi connectivity index (χ0n) is 9.85. The van der Waals surface area contributed by atoms with Crippen LogP contribution in [-0.4, -0.2) is 24.0 Å². The molecule has 0 aromatic heterocycles. The molecular weight excluding hydrogens is 298 g/mol. The number of amides is 2. The van der Waals surface area contributed by atoms with Crippen molar-refractivity contribution in [1.29, 1.82) is 0 Å². The minimum Gasteiger partial charge on any atom is -0.355 e. The Morgan fingerprint density at radius 2 is 1.78 bits per heavy atom. The van der Waals surface area contributed by atoms with Crippen molar-refractivity contribution >= 4 is 33.4 Å². The predicted octanol–water partition coefficient (Wildman–Crippen LogP) is 2.18. The van der Waals surface area contributed by atoms with E-state index >= 15 is 0 Å². The highest BCUT2D eigenvalue weighted by molar-refractivity contribution is 9.10. The summed E-state index contributed by atoms with van der Waals surface area (Å²) in [6.45, 7) is 1.93. The van der Waals surface area contributed by atoms with Crippen molar-refractivity contribution in [1.82, 2.24) is 0 Å². The number of morpholine rings is 1. The lowest BCUT2D eigenvalue weighted by Gasteiger charge is -2.30. The van der Waals surface area contributed by atoms with Crippen molar-refractivity contribution in [2.75, 3.05) is 4.90 Å². The average Bonchev–Trinajstić information content (AvgIpc) is 2.72. The molecule has 0 N–H and O–H groups in total. The summed E-state index contributed by atoms with van der Waals surface area (Å²) in [5, 5.41) is 0. The quantitative estimate of drug-likeness (QED) is 0.747. The number of fused-ring (bicyclic) bond motifs is 2. The summed E-state index contributed by atoms with van der Waals surface area (Å²) in [5.74, 6) is -0.488. The van der Waals surface area contributed by atoms with Crippen LogP contribution >= 0.6 is 15.9 Å². The van der Waals surface area contributed by atoms with E-state index in [9.17, 15) is 9.59 Å². The SMILES string of the molecule is Cc1cc(Br)cc(N2C(=O)C3CCC(O3)C2=O)c1. The van der Waals surface area contributed by atoms with E-state index in [2.05, 4.69) is 15.9 Å². The smallest absolute Gasteiger partial charge is 0.262 e. The highest BCUT2D eigenvalue weighted by Crippen LogP contribution is 2.33. The molecule has 18 heavy (non-hydrogen) atoms. The Morgan fingerprint density at radius 1 is 1.17 bits per heavy atom. The summed E-state index contributed by atoms with van der Waals surface area (Å²) >= 11 is 3.38. The Hall–Kier alpha value is -1.20. The van der Waals surface area contributed by atoms with Gasteiger partial charge in [0.15, 0.2) is 0 Å². The van der Waals surface area contributed by atoms with E-state index in [1.165, 1.54) is 4.90 Å². The molecule has 2 amide bonds. The van der Waals surface area contributed by atoms with Gasteiger partial charge in [-0.15, -0.1) is 0 Å². The first kappa shape index (κ1) is 11.9. The molecule has 2 unspecified atom stereocenters. The van der Waals surface area contributed by atoms with Crippen LogP contribution in [0.15, 0.2) is 22.7 Å². The summed E-state index contributed by atoms with van der Waals surface area (Å²) in [6, 6.07) is 5.56. The van der Waals surface area contributed by atoms with E-state index in [0.717, 1.165) is 10.0 Å². The third kappa shape index (κ3) is 1.78. The van der Waals surface area contributed by atoms with Gasteiger partial charge in [-0.3, -0.25) is 9.59 Å². The Bertz CT molecular complexity index is 501. The molecule has 2 bridgehead atoms. The highest BCUT2D eigenvalue weighted by Gasteiger charge is 2.47. The van der Waals surface area contributed by atoms with Crippen molar-refractivity contribution in [3.05, 3.63) is 28.2 Å². The largest absolute Gasteiger partial charge is 0.355 e. The maximum atomic E-state index is 12.2. The molecule has 0 aliphatic carbocycles. The molecule has 0 spiro atoms. The Balaban J connectivity index is 2.04. The fraction of sp³-hybridized carbons (Fsp3) is 0.385. The molecule has 2 aliphatic rings. The van der Waals surface area contributed by atoms with Crippen LogP contribution in [0.2, 0.25) is 0 Å². The molecule has 94 valence electrons. The standard InChI is InChI=1S/C13H12BrNO3/c1-7-4-8(14)6-9(5-7)15-12(16)10-2-3-11(18-10)13(15)17/h4-6,10-11H,2-3H2,1H3. The molecule has 0 saturated carbocycles. The van der Waals surface area contributed by atoms with E-state index in [4.69, 9.17) is 4.74 Å². The van der Waals surface area contributed by atoms with Gasteiger partial charge in [-0.1, -0.05) is 15.9 Å². The lowest BCUT2D eigenvalue weighted by Crippen LogP contribution is -2.52. The van der Waals surface area contributed by atoms with Gasteiger partial charge < -0.3 is 4.74 Å². The Labute approximate surface area is 113 Å². The van der Waals surface area contributed by atoms with Crippen LogP contribution in [0.1, 0.15) is 18.4 Å². The predicted molar refractivity (Wildman–Crippen MR) is 69.3 cm³/mol. The van der Waals surface area contributed by atoms with Gasteiger partial charge in [0.05, 0.1) is 5.69 Å². The molecule has 4 nitrogen and oxygen atoms in total. The van der Waals surface area contributed by atoms with Crippen LogP contribution in [0.4, 0.5) is 5.69 Å². The van der Waals surface area contributed by atoms with Crippen LogP contribution in [0, 0.1) is 6.92 Å². The molecule has 0 radical (unpaired) electrons. The number of hydrogen-bond acceptors (Lipinski definition) is 3. The van der Waals surface area contributed by atoms with E-state index in [1.807, 2.05) is 19.1 Å². The van der Waals surface area contributed by atoms with Gasteiger partial charge in [-0.05, 0) is 43.5 Å². The molecule has 3 rings (SSSR count). The Kier molecular flexibility index (Phi) is 2.75.